The summed E-state index contributed by atoms with van der Waals surface area (Å²) in [6.07, 6.45) is 1.93. The molecule has 0 spiro atoms. The van der Waals surface area contributed by atoms with Crippen LogP contribution in [0.1, 0.15) is 25.7 Å². The first kappa shape index (κ1) is 42.9. The van der Waals surface area contributed by atoms with Crippen LogP contribution in [0, 0.1) is 0 Å². The fourth-order valence-electron chi connectivity index (χ4n) is 6.33. The van der Waals surface area contributed by atoms with Crippen LogP contribution < -0.4 is 90.9 Å². The molecule has 268 valence electrons. The van der Waals surface area contributed by atoms with Crippen LogP contribution in [0.15, 0.2) is 0 Å². The fraction of sp³-hybridized carbons (Fsp3) is 1.00. The van der Waals surface area contributed by atoms with Crippen molar-refractivity contribution in [2.45, 2.75) is 75.5 Å². The van der Waals surface area contributed by atoms with E-state index in [1.807, 2.05) is 0 Å². The molecule has 0 aromatic carbocycles. The van der Waals surface area contributed by atoms with Gasteiger partial charge in [0.25, 0.3) is 0 Å². The zero-order chi connectivity index (χ0) is 32.6. The van der Waals surface area contributed by atoms with Crippen LogP contribution in [0.4, 0.5) is 0 Å². The van der Waals surface area contributed by atoms with Gasteiger partial charge in [0.2, 0.25) is 0 Å². The molecule has 20 nitrogen and oxygen atoms in total. The van der Waals surface area contributed by atoms with Crippen molar-refractivity contribution in [3.63, 3.8) is 0 Å². The molecule has 48 heavy (non-hydrogen) atoms. The molecule has 0 amide bonds. The number of rotatable bonds is 14. The zero-order valence-electron chi connectivity index (χ0n) is 27.9. The zero-order valence-corrected chi connectivity index (χ0v) is 29.5. The van der Waals surface area contributed by atoms with Gasteiger partial charge < -0.3 is 18.6 Å². The molecular weight excluding hydrogens is 662 g/mol. The summed E-state index contributed by atoms with van der Waals surface area (Å²) >= 11 is 0. The molecule has 5 aliphatic rings. The number of nitrogens with one attached hydrogen (secondary N) is 10. The van der Waals surface area contributed by atoms with E-state index in [9.17, 15) is 25.9 Å². The van der Waals surface area contributed by atoms with Gasteiger partial charge in [0.1, 0.15) is 37.7 Å². The van der Waals surface area contributed by atoms with E-state index in [1.165, 1.54) is 0 Å². The summed E-state index contributed by atoms with van der Waals surface area (Å²) in [5.41, 5.74) is 0. The van der Waals surface area contributed by atoms with Gasteiger partial charge in [-0.3, -0.25) is 63.0 Å². The summed E-state index contributed by atoms with van der Waals surface area (Å²) in [6, 6.07) is 0.459. The molecule has 0 bridgehead atoms. The van der Waals surface area contributed by atoms with E-state index < -0.39 is 44.3 Å². The van der Waals surface area contributed by atoms with Crippen LogP contribution >= 0.6 is 0 Å². The van der Waals surface area contributed by atoms with Crippen molar-refractivity contribution < 1.29 is 73.1 Å². The second-order valence-corrected chi connectivity index (χ2v) is 15.2. The van der Waals surface area contributed by atoms with E-state index in [0.29, 0.717) is 26.4 Å². The number of ether oxygens (including phenoxy) is 2. The summed E-state index contributed by atoms with van der Waals surface area (Å²) in [6.45, 7) is 5.53. The van der Waals surface area contributed by atoms with Crippen molar-refractivity contribution in [3.8, 4) is 0 Å². The molecule has 10 N–H and O–H groups in total. The molecule has 4 saturated heterocycles. The normalized spacial score (nSPS) is 34.5. The molecule has 4 heterocycles. The summed E-state index contributed by atoms with van der Waals surface area (Å²) in [5, 5.41) is 34.1. The van der Waals surface area contributed by atoms with E-state index in [0.717, 1.165) is 51.9 Å². The predicted molar refractivity (Wildman–Crippen MR) is 164 cm³/mol. The average molecular weight is 713 g/mol. The standard InChI is InChI=1S/C24H52N12O8S2.2Li/c37-45(38,39)15-5-25-19-29-21(33-23(31-19)35-7-11-43-12-8-35)27-17-1-2-18(4-3-17)28-22-30-20(26-6-16-46(40,41)42)32-24(34-22)36-9-13-44-14-10-36;;/h17-34H,1-16H2,(H,37,38,39)(H,40,41,42);;/q;2*+1/p-2. The van der Waals surface area contributed by atoms with Crippen LogP contribution in [0.3, 0.4) is 0 Å². The Bertz CT molecular complexity index is 1060. The number of morpholine rings is 2. The summed E-state index contributed by atoms with van der Waals surface area (Å²) in [7, 11) is -8.64. The van der Waals surface area contributed by atoms with Crippen LogP contribution in [0.2, 0.25) is 0 Å². The summed E-state index contributed by atoms with van der Waals surface area (Å²) in [4.78, 5) is 4.45. The van der Waals surface area contributed by atoms with Crippen LogP contribution in [-0.4, -0.2) is 163 Å². The summed E-state index contributed by atoms with van der Waals surface area (Å²) < 4.78 is 77.6. The van der Waals surface area contributed by atoms with Crippen molar-refractivity contribution in [1.29, 1.82) is 0 Å². The Morgan fingerprint density at radius 2 is 0.896 bits per heavy atom. The molecule has 0 aromatic heterocycles. The minimum atomic E-state index is -4.32. The SMILES string of the molecule is O=S(=O)([O-])CCNC1NC(NC2CCC(NC3NC(NCCS(=O)(=O)[O-])NC(N4CCOCC4)N3)CC2)NC(N2CCOCC2)N1.[Li+].[Li+]. The Labute approximate surface area is 307 Å². The van der Waals surface area contributed by atoms with E-state index in [2.05, 4.69) is 63.0 Å². The van der Waals surface area contributed by atoms with E-state index >= 15 is 0 Å². The first-order chi connectivity index (χ1) is 22.0. The summed E-state index contributed by atoms with van der Waals surface area (Å²) in [5.74, 6) is -0.991. The van der Waals surface area contributed by atoms with Gasteiger partial charge in [-0.2, -0.15) is 0 Å². The quantitative estimate of drug-likeness (QED) is 0.0592. The molecule has 0 aromatic rings. The van der Waals surface area contributed by atoms with Crippen molar-refractivity contribution in [3.05, 3.63) is 0 Å². The van der Waals surface area contributed by atoms with Crippen LogP contribution in [0.25, 0.3) is 0 Å². The molecule has 5 rings (SSSR count). The number of hydrogen-bond donors (Lipinski definition) is 10. The smallest absolute Gasteiger partial charge is 0.748 e. The van der Waals surface area contributed by atoms with Crippen molar-refractivity contribution in [1.82, 2.24) is 63.0 Å². The van der Waals surface area contributed by atoms with Crippen molar-refractivity contribution >= 4 is 20.2 Å². The maximum absolute atomic E-state index is 11.1. The van der Waals surface area contributed by atoms with Crippen molar-refractivity contribution in [2.24, 2.45) is 0 Å². The van der Waals surface area contributed by atoms with Gasteiger partial charge in [-0.25, -0.2) is 16.8 Å². The molecule has 4 aliphatic heterocycles. The minimum Gasteiger partial charge on any atom is -0.748 e. The number of nitrogens with zero attached hydrogens (tertiary/aromatic N) is 2. The van der Waals surface area contributed by atoms with Crippen LogP contribution in [-0.2, 0) is 29.7 Å². The van der Waals surface area contributed by atoms with Crippen molar-refractivity contribution in [2.75, 3.05) is 77.2 Å². The largest absolute Gasteiger partial charge is 1.00 e. The molecule has 24 heteroatoms. The average Bonchev–Trinajstić information content (AvgIpc) is 3.01. The first-order valence-corrected chi connectivity index (χ1v) is 19.2. The van der Waals surface area contributed by atoms with E-state index in [1.54, 1.807) is 0 Å². The van der Waals surface area contributed by atoms with Gasteiger partial charge in [-0.1, -0.05) is 0 Å². The van der Waals surface area contributed by atoms with E-state index in [-0.39, 0.29) is 88.1 Å². The first-order valence-electron chi connectivity index (χ1n) is 16.0. The number of hydrogen-bond acceptors (Lipinski definition) is 20. The maximum Gasteiger partial charge on any atom is 1.00 e. The van der Waals surface area contributed by atoms with Gasteiger partial charge in [0.05, 0.1) is 58.2 Å². The molecule has 0 radical (unpaired) electrons. The topological polar surface area (TPSA) is 260 Å². The third kappa shape index (κ3) is 14.8. The van der Waals surface area contributed by atoms with Gasteiger partial charge in [-0.15, -0.1) is 0 Å². The predicted octanol–water partition coefficient (Wildman–Crippen LogP) is -12.3. The van der Waals surface area contributed by atoms with Gasteiger partial charge >= 0.3 is 37.7 Å². The van der Waals surface area contributed by atoms with Gasteiger partial charge in [0, 0.05) is 51.4 Å². The second kappa shape index (κ2) is 20.6. The second-order valence-electron chi connectivity index (χ2n) is 12.1. The monoisotopic (exact) mass is 712 g/mol. The fourth-order valence-corrected chi connectivity index (χ4v) is 7.06. The minimum absolute atomic E-state index is 0. The Balaban J connectivity index is 0.00000312. The Hall–Kier alpha value is 0.455. The maximum atomic E-state index is 11.1. The Kier molecular flexibility index (Phi) is 18.4. The molecule has 1 saturated carbocycles. The van der Waals surface area contributed by atoms with Gasteiger partial charge in [-0.05, 0) is 25.7 Å². The molecular formula is C24H50Li2N12O8S2. The molecule has 6 atom stereocenters. The molecule has 5 fully saturated rings. The third-order valence-corrected chi connectivity index (χ3v) is 10.1. The van der Waals surface area contributed by atoms with Gasteiger partial charge in [0.15, 0.2) is 0 Å². The van der Waals surface area contributed by atoms with E-state index in [4.69, 9.17) is 9.47 Å². The Morgan fingerprint density at radius 3 is 1.23 bits per heavy atom. The van der Waals surface area contributed by atoms with Crippen LogP contribution in [0.5, 0.6) is 0 Å². The molecule has 1 aliphatic carbocycles. The third-order valence-electron chi connectivity index (χ3n) is 8.72. The molecule has 6 unspecified atom stereocenters. The Morgan fingerprint density at radius 1 is 0.562 bits per heavy atom.